The average Bonchev–Trinajstić information content (AvgIpc) is 3.82. The zero-order valence-electron chi connectivity index (χ0n) is 28.9. The van der Waals surface area contributed by atoms with Gasteiger partial charge in [-0.15, -0.1) is 0 Å². The first-order valence-electron chi connectivity index (χ1n) is 16.5. The van der Waals surface area contributed by atoms with E-state index in [1.165, 1.54) is 49.9 Å². The summed E-state index contributed by atoms with van der Waals surface area (Å²) in [5, 5.41) is 0. The van der Waals surface area contributed by atoms with E-state index in [0.29, 0.717) is 12.1 Å². The summed E-state index contributed by atoms with van der Waals surface area (Å²) < 4.78 is 0. The van der Waals surface area contributed by atoms with Gasteiger partial charge < -0.3 is 24.8 Å². The van der Waals surface area contributed by atoms with E-state index in [2.05, 4.69) is 65.9 Å². The minimum Gasteiger partial charge on any atom is -1.00 e. The van der Waals surface area contributed by atoms with Gasteiger partial charge in [0.05, 0.1) is 22.8 Å². The minimum atomic E-state index is 0. The van der Waals surface area contributed by atoms with Crippen LogP contribution >= 0.6 is 0 Å². The fourth-order valence-electron chi connectivity index (χ4n) is 5.87. The third-order valence-corrected chi connectivity index (χ3v) is 8.36. The van der Waals surface area contributed by atoms with Gasteiger partial charge in [-0.3, -0.25) is 39.7 Å². The Labute approximate surface area is 327 Å². The van der Waals surface area contributed by atoms with Crippen LogP contribution in [0.15, 0.2) is 147 Å². The third-order valence-electron chi connectivity index (χ3n) is 8.36. The van der Waals surface area contributed by atoms with Crippen LogP contribution in [0, 0.1) is 0 Å². The van der Waals surface area contributed by atoms with Crippen molar-refractivity contribution in [3.05, 3.63) is 158 Å². The quantitative estimate of drug-likeness (QED) is 0.251. The first-order chi connectivity index (χ1) is 23.7. The maximum absolute atomic E-state index is 4.19. The molecule has 2 saturated heterocycles. The first kappa shape index (κ1) is 43.2. The van der Waals surface area contributed by atoms with E-state index in [4.69, 9.17) is 0 Å². The zero-order valence-corrected chi connectivity index (χ0v) is 32.2. The molecule has 0 bridgehead atoms. The van der Waals surface area contributed by atoms with Crippen LogP contribution in [-0.2, 0) is 19.5 Å². The molecule has 2 unspecified atom stereocenters. The van der Waals surface area contributed by atoms with Crippen LogP contribution in [0.3, 0.4) is 0 Å². The monoisotopic (exact) mass is 808 g/mol. The topological polar surface area (TPSA) is 83.8 Å². The van der Waals surface area contributed by atoms with Gasteiger partial charge in [-0.25, -0.2) is 0 Å². The van der Waals surface area contributed by atoms with Crippen molar-refractivity contribution in [3.63, 3.8) is 0 Å². The van der Waals surface area contributed by atoms with Crippen LogP contribution < -0.4 is 24.8 Å². The predicted molar refractivity (Wildman–Crippen MR) is 193 cm³/mol. The molecule has 51 heavy (non-hydrogen) atoms. The van der Waals surface area contributed by atoms with Gasteiger partial charge in [0.2, 0.25) is 0 Å². The van der Waals surface area contributed by atoms with Crippen molar-refractivity contribution in [2.75, 3.05) is 27.2 Å². The third kappa shape index (κ3) is 13.9. The summed E-state index contributed by atoms with van der Waals surface area (Å²) in [5.74, 6) is 0. The molecule has 11 heteroatoms. The van der Waals surface area contributed by atoms with E-state index in [1.54, 1.807) is 24.8 Å². The van der Waals surface area contributed by atoms with E-state index < -0.39 is 0 Å². The number of rotatable bonds is 4. The maximum Gasteiger partial charge on any atom is 2.00 e. The molecule has 6 aromatic rings. The molecule has 0 N–H and O–H groups in total. The molecule has 0 amide bonds. The molecule has 6 aromatic heterocycles. The molecule has 2 aliphatic heterocycles. The Morgan fingerprint density at radius 2 is 0.784 bits per heavy atom. The fourth-order valence-corrected chi connectivity index (χ4v) is 5.87. The van der Waals surface area contributed by atoms with Gasteiger partial charge in [0, 0.05) is 61.7 Å². The van der Waals surface area contributed by atoms with Crippen molar-refractivity contribution in [2.24, 2.45) is 0 Å². The molecular formula is C40H44Cl2N8Ru. The smallest absolute Gasteiger partial charge is 1.00 e. The molecule has 0 radical (unpaired) electrons. The van der Waals surface area contributed by atoms with Crippen LogP contribution in [0.1, 0.15) is 48.9 Å². The summed E-state index contributed by atoms with van der Waals surface area (Å²) in [7, 11) is 4.37. The van der Waals surface area contributed by atoms with Crippen molar-refractivity contribution >= 4 is 0 Å². The largest absolute Gasteiger partial charge is 2.00 e. The van der Waals surface area contributed by atoms with Crippen LogP contribution in [0.25, 0.3) is 22.8 Å². The number of hydrogen-bond acceptors (Lipinski definition) is 8. The van der Waals surface area contributed by atoms with Gasteiger partial charge in [-0.1, -0.05) is 36.4 Å². The Balaban J connectivity index is 0.000000231. The molecule has 2 fully saturated rings. The Kier molecular flexibility index (Phi) is 20.5. The van der Waals surface area contributed by atoms with E-state index in [9.17, 15) is 0 Å². The van der Waals surface area contributed by atoms with Crippen LogP contribution in [-0.4, -0.2) is 66.9 Å². The Hall–Kier alpha value is -3.98. The van der Waals surface area contributed by atoms with Crippen molar-refractivity contribution in [3.8, 4) is 22.8 Å². The number of pyridine rings is 6. The van der Waals surface area contributed by atoms with Gasteiger partial charge in [-0.2, -0.15) is 0 Å². The molecule has 8 rings (SSSR count). The van der Waals surface area contributed by atoms with Gasteiger partial charge in [-0.05, 0) is 125 Å². The van der Waals surface area contributed by atoms with Gasteiger partial charge >= 0.3 is 19.5 Å². The molecule has 0 saturated carbocycles. The average molecular weight is 809 g/mol. The standard InChI is InChI=1S/2C10H14N2.2C10H8N2.2ClH.Ru/c2*1-12-7-3-5-10(12)9-4-2-6-11-8-9;2*1-3-7-11-9(5-1)10-6-2-4-8-12-10;;;/h2*2,4,6,8,10H,3,5,7H2,1H3;2*1-8H;2*1H;/q;;;;;;+2/p-2. The Bertz CT molecular complexity index is 1510. The van der Waals surface area contributed by atoms with Gasteiger partial charge in [0.15, 0.2) is 0 Å². The van der Waals surface area contributed by atoms with Crippen molar-refractivity contribution in [1.82, 2.24) is 39.7 Å². The summed E-state index contributed by atoms with van der Waals surface area (Å²) in [6.45, 7) is 2.44. The number of nitrogens with zero attached hydrogens (tertiary/aromatic N) is 8. The predicted octanol–water partition coefficient (Wildman–Crippen LogP) is 1.99. The molecule has 0 aliphatic carbocycles. The van der Waals surface area contributed by atoms with E-state index >= 15 is 0 Å². The molecule has 0 aromatic carbocycles. The molecule has 2 aliphatic rings. The van der Waals surface area contributed by atoms with Crippen LogP contribution in [0.2, 0.25) is 0 Å². The molecule has 266 valence electrons. The normalized spacial score (nSPS) is 16.1. The summed E-state index contributed by atoms with van der Waals surface area (Å²) >= 11 is 0. The van der Waals surface area contributed by atoms with Crippen LogP contribution in [0.4, 0.5) is 0 Å². The van der Waals surface area contributed by atoms with Crippen molar-refractivity contribution < 1.29 is 44.3 Å². The Morgan fingerprint density at radius 3 is 1.00 bits per heavy atom. The second kappa shape index (κ2) is 24.3. The summed E-state index contributed by atoms with van der Waals surface area (Å²) in [5.41, 5.74) is 6.38. The molecule has 8 heterocycles. The molecular weight excluding hydrogens is 764 g/mol. The second-order valence-corrected chi connectivity index (χ2v) is 11.7. The van der Waals surface area contributed by atoms with E-state index in [0.717, 1.165) is 22.8 Å². The molecule has 8 nitrogen and oxygen atoms in total. The number of aromatic nitrogens is 6. The van der Waals surface area contributed by atoms with Gasteiger partial charge in [0.1, 0.15) is 0 Å². The van der Waals surface area contributed by atoms with E-state index in [-0.39, 0.29) is 44.3 Å². The number of halogens is 2. The summed E-state index contributed by atoms with van der Waals surface area (Å²) in [6.07, 6.45) is 19.9. The number of likely N-dealkylation sites (tertiary alicyclic amines) is 2. The fraction of sp³-hybridized carbons (Fsp3) is 0.250. The number of hydrogen-bond donors (Lipinski definition) is 0. The van der Waals surface area contributed by atoms with Crippen molar-refractivity contribution in [1.29, 1.82) is 0 Å². The van der Waals surface area contributed by atoms with Crippen LogP contribution in [0.5, 0.6) is 0 Å². The Morgan fingerprint density at radius 1 is 0.451 bits per heavy atom. The molecule has 2 atom stereocenters. The minimum absolute atomic E-state index is 0. The second-order valence-electron chi connectivity index (χ2n) is 11.7. The maximum atomic E-state index is 4.19. The molecule has 0 spiro atoms. The van der Waals surface area contributed by atoms with E-state index in [1.807, 2.05) is 110 Å². The van der Waals surface area contributed by atoms with Gasteiger partial charge in [0.25, 0.3) is 0 Å². The summed E-state index contributed by atoms with van der Waals surface area (Å²) in [4.78, 5) is 29.8. The SMILES string of the molecule is CN1CCCC1c1cccnc1.CN1CCCC1c1cccnc1.[Cl-].[Cl-].[Ru+2].c1ccc(-c2ccccn2)nc1.c1ccc(-c2ccccn2)nc1. The van der Waals surface area contributed by atoms with Crippen molar-refractivity contribution in [2.45, 2.75) is 37.8 Å². The summed E-state index contributed by atoms with van der Waals surface area (Å²) in [6, 6.07) is 32.8. The zero-order chi connectivity index (χ0) is 33.2. The first-order valence-corrected chi connectivity index (χ1v) is 16.5.